The Bertz CT molecular complexity index is 762. The van der Waals surface area contributed by atoms with Crippen LogP contribution in [0.25, 0.3) is 0 Å². The molecule has 0 unspecified atom stereocenters. The lowest BCUT2D eigenvalue weighted by atomic mass is 10.2. The molecule has 0 atom stereocenters. The van der Waals surface area contributed by atoms with Crippen LogP contribution in [0.4, 0.5) is 9.18 Å². The van der Waals surface area contributed by atoms with Crippen molar-refractivity contribution in [3.8, 4) is 11.5 Å². The smallest absolute Gasteiger partial charge is 0.317 e. The van der Waals surface area contributed by atoms with Crippen LogP contribution in [0, 0.1) is 5.82 Å². The lowest BCUT2D eigenvalue weighted by Crippen LogP contribution is -2.52. The number of urea groups is 1. The highest BCUT2D eigenvalue weighted by atomic mass is 19.1. The topological polar surface area (TPSA) is 54.0 Å². The number of nitrogens with one attached hydrogen (secondary N) is 1. The van der Waals surface area contributed by atoms with Gasteiger partial charge in [0.15, 0.2) is 0 Å². The Morgan fingerprint density at radius 1 is 1.04 bits per heavy atom. The number of hydrogen-bond donors (Lipinski definition) is 1. The molecule has 6 nitrogen and oxygen atoms in total. The van der Waals surface area contributed by atoms with Crippen molar-refractivity contribution >= 4 is 6.03 Å². The highest BCUT2D eigenvalue weighted by molar-refractivity contribution is 5.74. The Kier molecular flexibility index (Phi) is 7.08. The molecule has 7 heteroatoms. The molecule has 2 aromatic rings. The molecule has 1 heterocycles. The van der Waals surface area contributed by atoms with E-state index in [0.717, 1.165) is 31.1 Å². The number of ether oxygens (including phenoxy) is 2. The first-order chi connectivity index (χ1) is 13.7. The van der Waals surface area contributed by atoms with E-state index in [-0.39, 0.29) is 18.4 Å². The zero-order valence-corrected chi connectivity index (χ0v) is 16.1. The summed E-state index contributed by atoms with van der Waals surface area (Å²) >= 11 is 0. The third-order valence-corrected chi connectivity index (χ3v) is 4.78. The van der Waals surface area contributed by atoms with Crippen LogP contribution in [-0.2, 0) is 6.54 Å². The first-order valence-corrected chi connectivity index (χ1v) is 9.41. The number of nitrogens with zero attached hydrogens (tertiary/aromatic N) is 2. The van der Waals surface area contributed by atoms with Crippen LogP contribution in [0.3, 0.4) is 0 Å². The van der Waals surface area contributed by atoms with Gasteiger partial charge in [-0.15, -0.1) is 0 Å². The number of hydrogen-bond acceptors (Lipinski definition) is 4. The Labute approximate surface area is 164 Å². The predicted molar refractivity (Wildman–Crippen MR) is 105 cm³/mol. The van der Waals surface area contributed by atoms with E-state index in [1.165, 1.54) is 6.07 Å². The average molecular weight is 387 g/mol. The molecule has 150 valence electrons. The van der Waals surface area contributed by atoms with Gasteiger partial charge in [-0.1, -0.05) is 18.2 Å². The first-order valence-electron chi connectivity index (χ1n) is 9.41. The van der Waals surface area contributed by atoms with Gasteiger partial charge in [-0.05, 0) is 30.3 Å². The Morgan fingerprint density at radius 2 is 1.71 bits per heavy atom. The molecule has 0 bridgehead atoms. The Morgan fingerprint density at radius 3 is 2.39 bits per heavy atom. The number of benzene rings is 2. The van der Waals surface area contributed by atoms with Crippen molar-refractivity contribution in [3.63, 3.8) is 0 Å². The van der Waals surface area contributed by atoms with Gasteiger partial charge >= 0.3 is 6.03 Å². The highest BCUT2D eigenvalue weighted by Gasteiger charge is 2.20. The second-order valence-corrected chi connectivity index (χ2v) is 6.60. The minimum atomic E-state index is -0.301. The molecular formula is C21H26FN3O3. The summed E-state index contributed by atoms with van der Waals surface area (Å²) < 4.78 is 24.5. The molecule has 2 aromatic carbocycles. The van der Waals surface area contributed by atoms with Gasteiger partial charge in [-0.25, -0.2) is 9.18 Å². The molecular weight excluding hydrogens is 361 g/mol. The zero-order chi connectivity index (χ0) is 19.8. The summed E-state index contributed by atoms with van der Waals surface area (Å²) in [4.78, 5) is 16.3. The third-order valence-electron chi connectivity index (χ3n) is 4.78. The molecule has 0 radical (unpaired) electrons. The van der Waals surface area contributed by atoms with Gasteiger partial charge < -0.3 is 19.7 Å². The largest absolute Gasteiger partial charge is 0.497 e. The molecule has 1 aliphatic rings. The van der Waals surface area contributed by atoms with Crippen LogP contribution in [0.15, 0.2) is 48.5 Å². The molecule has 0 saturated carbocycles. The van der Waals surface area contributed by atoms with Crippen LogP contribution in [0.5, 0.6) is 11.5 Å². The lowest BCUT2D eigenvalue weighted by Gasteiger charge is -2.34. The summed E-state index contributed by atoms with van der Waals surface area (Å²) in [6.07, 6.45) is 0. The average Bonchev–Trinajstić information content (AvgIpc) is 2.74. The van der Waals surface area contributed by atoms with Gasteiger partial charge in [0.05, 0.1) is 7.11 Å². The normalized spacial score (nSPS) is 14.6. The van der Waals surface area contributed by atoms with E-state index in [1.807, 2.05) is 24.3 Å². The summed E-state index contributed by atoms with van der Waals surface area (Å²) in [6, 6.07) is 13.8. The van der Waals surface area contributed by atoms with E-state index in [1.54, 1.807) is 30.2 Å². The summed E-state index contributed by atoms with van der Waals surface area (Å²) in [7, 11) is 1.63. The van der Waals surface area contributed by atoms with Crippen LogP contribution < -0.4 is 14.8 Å². The Balaban J connectivity index is 1.34. The van der Waals surface area contributed by atoms with Crippen molar-refractivity contribution in [1.29, 1.82) is 0 Å². The molecule has 1 N–H and O–H groups in total. The number of carbonyl (C=O) groups excluding carboxylic acids is 1. The number of halogens is 1. The second-order valence-electron chi connectivity index (χ2n) is 6.60. The number of piperazine rings is 1. The fourth-order valence-corrected chi connectivity index (χ4v) is 3.06. The number of carbonyl (C=O) groups is 1. The quantitative estimate of drug-likeness (QED) is 0.794. The van der Waals surface area contributed by atoms with E-state index >= 15 is 0 Å². The van der Waals surface area contributed by atoms with Crippen LogP contribution in [0.2, 0.25) is 0 Å². The van der Waals surface area contributed by atoms with Crippen LogP contribution in [0.1, 0.15) is 5.56 Å². The van der Waals surface area contributed by atoms with Gasteiger partial charge in [0.2, 0.25) is 0 Å². The number of rotatable bonds is 7. The molecule has 0 aromatic heterocycles. The maximum absolute atomic E-state index is 13.6. The first kappa shape index (κ1) is 19.9. The molecule has 28 heavy (non-hydrogen) atoms. The van der Waals surface area contributed by atoms with E-state index in [4.69, 9.17) is 9.47 Å². The van der Waals surface area contributed by atoms with Crippen LogP contribution in [-0.4, -0.2) is 62.3 Å². The number of methoxy groups -OCH3 is 1. The van der Waals surface area contributed by atoms with Crippen molar-refractivity contribution in [2.45, 2.75) is 6.54 Å². The van der Waals surface area contributed by atoms with Gasteiger partial charge in [0.1, 0.15) is 23.9 Å². The molecule has 1 aliphatic heterocycles. The highest BCUT2D eigenvalue weighted by Crippen LogP contribution is 2.17. The minimum Gasteiger partial charge on any atom is -0.497 e. The van der Waals surface area contributed by atoms with Gasteiger partial charge in [0.25, 0.3) is 0 Å². The van der Waals surface area contributed by atoms with E-state index in [2.05, 4.69) is 10.2 Å². The fourth-order valence-electron chi connectivity index (χ4n) is 3.06. The van der Waals surface area contributed by atoms with E-state index in [9.17, 15) is 9.18 Å². The van der Waals surface area contributed by atoms with Gasteiger partial charge in [-0.3, -0.25) is 4.90 Å². The lowest BCUT2D eigenvalue weighted by molar-refractivity contribution is 0.126. The molecule has 1 fully saturated rings. The van der Waals surface area contributed by atoms with Crippen molar-refractivity contribution in [2.24, 2.45) is 0 Å². The monoisotopic (exact) mass is 387 g/mol. The van der Waals surface area contributed by atoms with Gasteiger partial charge in [0, 0.05) is 44.8 Å². The summed E-state index contributed by atoms with van der Waals surface area (Å²) in [5, 5.41) is 2.79. The summed E-state index contributed by atoms with van der Waals surface area (Å²) in [6.45, 7) is 4.46. The van der Waals surface area contributed by atoms with E-state index in [0.29, 0.717) is 25.3 Å². The number of amides is 2. The molecule has 3 rings (SSSR count). The summed E-state index contributed by atoms with van der Waals surface area (Å²) in [5.41, 5.74) is 0.491. The molecule has 0 spiro atoms. The molecule has 2 amide bonds. The molecule has 1 saturated heterocycles. The van der Waals surface area contributed by atoms with Crippen molar-refractivity contribution < 1.29 is 18.7 Å². The second kappa shape index (κ2) is 9.94. The molecule has 0 aliphatic carbocycles. The van der Waals surface area contributed by atoms with Gasteiger partial charge in [-0.2, -0.15) is 0 Å². The predicted octanol–water partition coefficient (Wildman–Crippen LogP) is 2.74. The standard InChI is InChI=1S/C21H26FN3O3/c1-27-18-6-8-19(9-7-18)28-15-14-24-10-12-25(13-11-24)21(26)23-16-17-4-2-3-5-20(17)22/h2-9H,10-16H2,1H3,(H,23,26). The van der Waals surface area contributed by atoms with Crippen molar-refractivity contribution in [1.82, 2.24) is 15.1 Å². The third kappa shape index (κ3) is 5.60. The maximum Gasteiger partial charge on any atom is 0.317 e. The van der Waals surface area contributed by atoms with Crippen LogP contribution >= 0.6 is 0 Å². The zero-order valence-electron chi connectivity index (χ0n) is 16.1. The fraction of sp³-hybridized carbons (Fsp3) is 0.381. The minimum absolute atomic E-state index is 0.155. The summed E-state index contributed by atoms with van der Waals surface area (Å²) in [5.74, 6) is 1.31. The SMILES string of the molecule is COc1ccc(OCCN2CCN(C(=O)NCc3ccccc3F)CC2)cc1. The Hall–Kier alpha value is -2.80. The maximum atomic E-state index is 13.6. The van der Waals surface area contributed by atoms with Crippen molar-refractivity contribution in [3.05, 3.63) is 59.9 Å². The van der Waals surface area contributed by atoms with Crippen molar-refractivity contribution in [2.75, 3.05) is 46.4 Å². The van der Waals surface area contributed by atoms with E-state index < -0.39 is 0 Å².